The Morgan fingerprint density at radius 3 is 2.80 bits per heavy atom. The fraction of sp³-hybridized carbons (Fsp3) is 0.143. The first kappa shape index (κ1) is 7.89. The molecule has 0 aromatic carbocycles. The molecule has 54 valence electrons. The SMILES string of the molecule is C=C1CC(Cl)=CC(Br)=C1O. The number of allylic oxidation sites excluding steroid dienone is 4. The highest BCUT2D eigenvalue weighted by Gasteiger charge is 2.12. The van der Waals surface area contributed by atoms with Gasteiger partial charge >= 0.3 is 0 Å². The Morgan fingerprint density at radius 1 is 1.70 bits per heavy atom. The number of aliphatic hydroxyl groups is 1. The lowest BCUT2D eigenvalue weighted by atomic mass is 10.1. The molecular formula is C7H6BrClO. The van der Waals surface area contributed by atoms with Crippen molar-refractivity contribution in [2.45, 2.75) is 6.42 Å². The van der Waals surface area contributed by atoms with E-state index in [0.29, 0.717) is 21.5 Å². The van der Waals surface area contributed by atoms with Crippen LogP contribution in [0.2, 0.25) is 0 Å². The van der Waals surface area contributed by atoms with Crippen LogP contribution in [0, 0.1) is 0 Å². The Hall–Kier alpha value is -0.210. The average Bonchev–Trinajstić information content (AvgIpc) is 1.82. The topological polar surface area (TPSA) is 20.2 Å². The minimum absolute atomic E-state index is 0.199. The first-order chi connectivity index (χ1) is 4.61. The fourth-order valence-electron chi connectivity index (χ4n) is 0.713. The zero-order valence-corrected chi connectivity index (χ0v) is 7.54. The summed E-state index contributed by atoms with van der Waals surface area (Å²) in [5.74, 6) is 0.199. The highest BCUT2D eigenvalue weighted by molar-refractivity contribution is 9.11. The molecule has 0 atom stereocenters. The van der Waals surface area contributed by atoms with Crippen LogP contribution in [0.4, 0.5) is 0 Å². The van der Waals surface area contributed by atoms with Gasteiger partial charge in [-0.2, -0.15) is 0 Å². The van der Waals surface area contributed by atoms with Crippen molar-refractivity contribution >= 4 is 27.5 Å². The van der Waals surface area contributed by atoms with E-state index in [-0.39, 0.29) is 5.76 Å². The third-order valence-electron chi connectivity index (χ3n) is 1.23. The van der Waals surface area contributed by atoms with Crippen LogP contribution >= 0.6 is 27.5 Å². The monoisotopic (exact) mass is 220 g/mol. The summed E-state index contributed by atoms with van der Waals surface area (Å²) in [6, 6.07) is 0. The predicted molar refractivity (Wildman–Crippen MR) is 46.3 cm³/mol. The van der Waals surface area contributed by atoms with Crippen LogP contribution in [0.1, 0.15) is 6.42 Å². The molecule has 10 heavy (non-hydrogen) atoms. The average molecular weight is 221 g/mol. The number of rotatable bonds is 0. The van der Waals surface area contributed by atoms with Crippen molar-refractivity contribution < 1.29 is 5.11 Å². The Morgan fingerprint density at radius 2 is 2.30 bits per heavy atom. The van der Waals surface area contributed by atoms with Gasteiger partial charge in [0.05, 0.1) is 4.48 Å². The molecule has 0 aliphatic heterocycles. The van der Waals surface area contributed by atoms with Crippen molar-refractivity contribution in [1.29, 1.82) is 0 Å². The number of halogens is 2. The predicted octanol–water partition coefficient (Wildman–Crippen LogP) is 3.23. The highest BCUT2D eigenvalue weighted by atomic mass is 79.9. The van der Waals surface area contributed by atoms with Gasteiger partial charge in [-0.1, -0.05) is 18.2 Å². The number of aliphatic hydroxyl groups excluding tert-OH is 1. The molecule has 0 saturated carbocycles. The van der Waals surface area contributed by atoms with Crippen LogP contribution in [0.5, 0.6) is 0 Å². The van der Waals surface area contributed by atoms with E-state index in [2.05, 4.69) is 22.5 Å². The Balaban J connectivity index is 3.03. The molecule has 1 N–H and O–H groups in total. The van der Waals surface area contributed by atoms with Gasteiger partial charge in [-0.25, -0.2) is 0 Å². The van der Waals surface area contributed by atoms with Crippen molar-refractivity contribution in [2.75, 3.05) is 0 Å². The Bertz CT molecular complexity index is 240. The number of hydrogen-bond donors (Lipinski definition) is 1. The van der Waals surface area contributed by atoms with Crippen LogP contribution in [-0.2, 0) is 0 Å². The van der Waals surface area contributed by atoms with E-state index < -0.39 is 0 Å². The Labute approximate surface area is 72.8 Å². The van der Waals surface area contributed by atoms with Crippen molar-refractivity contribution in [1.82, 2.24) is 0 Å². The minimum atomic E-state index is 0.199. The number of hydrogen-bond acceptors (Lipinski definition) is 1. The second-order valence-electron chi connectivity index (χ2n) is 2.07. The fourth-order valence-corrected chi connectivity index (χ4v) is 1.67. The summed E-state index contributed by atoms with van der Waals surface area (Å²) in [7, 11) is 0. The van der Waals surface area contributed by atoms with Gasteiger partial charge in [-0.05, 0) is 27.6 Å². The van der Waals surface area contributed by atoms with E-state index in [0.717, 1.165) is 0 Å². The van der Waals surface area contributed by atoms with Crippen LogP contribution in [0.3, 0.4) is 0 Å². The summed E-state index contributed by atoms with van der Waals surface area (Å²) < 4.78 is 0.605. The first-order valence-corrected chi connectivity index (χ1v) is 3.91. The second-order valence-corrected chi connectivity index (χ2v) is 3.41. The standard InChI is InChI=1S/C7H6BrClO/c1-4-2-5(9)3-6(8)7(4)10/h3,10H,1-2H2. The van der Waals surface area contributed by atoms with E-state index in [1.54, 1.807) is 6.08 Å². The molecule has 0 saturated heterocycles. The Kier molecular flexibility index (Phi) is 2.21. The molecule has 1 nitrogen and oxygen atoms in total. The summed E-state index contributed by atoms with van der Waals surface area (Å²) in [6.07, 6.45) is 2.22. The van der Waals surface area contributed by atoms with E-state index in [1.165, 1.54) is 0 Å². The van der Waals surface area contributed by atoms with Gasteiger partial charge in [0.1, 0.15) is 5.76 Å². The van der Waals surface area contributed by atoms with Crippen LogP contribution < -0.4 is 0 Å². The van der Waals surface area contributed by atoms with E-state index in [9.17, 15) is 5.11 Å². The highest BCUT2D eigenvalue weighted by Crippen LogP contribution is 2.30. The van der Waals surface area contributed by atoms with E-state index in [4.69, 9.17) is 11.6 Å². The molecule has 1 aliphatic rings. The minimum Gasteiger partial charge on any atom is -0.506 e. The lowest BCUT2D eigenvalue weighted by Crippen LogP contribution is -1.94. The molecule has 0 aromatic rings. The summed E-state index contributed by atoms with van der Waals surface area (Å²) in [5, 5.41) is 9.88. The second kappa shape index (κ2) is 2.81. The van der Waals surface area contributed by atoms with Gasteiger partial charge in [-0.3, -0.25) is 0 Å². The van der Waals surface area contributed by atoms with Crippen molar-refractivity contribution in [3.05, 3.63) is 33.5 Å². The molecule has 1 rings (SSSR count). The smallest absolute Gasteiger partial charge is 0.132 e. The molecule has 3 heteroatoms. The van der Waals surface area contributed by atoms with Crippen LogP contribution in [0.25, 0.3) is 0 Å². The zero-order valence-electron chi connectivity index (χ0n) is 5.19. The largest absolute Gasteiger partial charge is 0.506 e. The summed E-state index contributed by atoms with van der Waals surface area (Å²) in [6.45, 7) is 3.63. The molecule has 0 fully saturated rings. The van der Waals surface area contributed by atoms with Gasteiger partial charge < -0.3 is 5.11 Å². The summed E-state index contributed by atoms with van der Waals surface area (Å²) in [4.78, 5) is 0. The van der Waals surface area contributed by atoms with Crippen molar-refractivity contribution in [3.8, 4) is 0 Å². The molecule has 0 heterocycles. The first-order valence-electron chi connectivity index (χ1n) is 2.74. The summed E-state index contributed by atoms with van der Waals surface area (Å²) in [5.41, 5.74) is 0.652. The quantitative estimate of drug-likeness (QED) is 0.666. The lowest BCUT2D eigenvalue weighted by Gasteiger charge is -2.10. The summed E-state index contributed by atoms with van der Waals surface area (Å²) >= 11 is 8.84. The van der Waals surface area contributed by atoms with Gasteiger partial charge in [0.25, 0.3) is 0 Å². The van der Waals surface area contributed by atoms with E-state index in [1.807, 2.05) is 0 Å². The van der Waals surface area contributed by atoms with Crippen LogP contribution in [0.15, 0.2) is 33.5 Å². The molecule has 1 aliphatic carbocycles. The molecular weight excluding hydrogens is 215 g/mol. The third kappa shape index (κ3) is 1.44. The maximum absolute atomic E-state index is 9.19. The molecule has 0 spiro atoms. The van der Waals surface area contributed by atoms with Crippen molar-refractivity contribution in [3.63, 3.8) is 0 Å². The van der Waals surface area contributed by atoms with Crippen molar-refractivity contribution in [2.24, 2.45) is 0 Å². The molecule has 0 aromatic heterocycles. The van der Waals surface area contributed by atoms with Gasteiger partial charge in [0, 0.05) is 11.5 Å². The molecule has 0 radical (unpaired) electrons. The molecule has 0 unspecified atom stereocenters. The molecule has 0 bridgehead atoms. The normalized spacial score (nSPS) is 19.4. The van der Waals surface area contributed by atoms with Gasteiger partial charge in [-0.15, -0.1) is 0 Å². The molecule has 0 amide bonds. The van der Waals surface area contributed by atoms with Crippen LogP contribution in [-0.4, -0.2) is 5.11 Å². The third-order valence-corrected chi connectivity index (χ3v) is 2.07. The van der Waals surface area contributed by atoms with Gasteiger partial charge in [0.15, 0.2) is 0 Å². The maximum Gasteiger partial charge on any atom is 0.132 e. The lowest BCUT2D eigenvalue weighted by molar-refractivity contribution is 0.419. The maximum atomic E-state index is 9.19. The van der Waals surface area contributed by atoms with Gasteiger partial charge in [0.2, 0.25) is 0 Å². The van der Waals surface area contributed by atoms with E-state index >= 15 is 0 Å². The zero-order chi connectivity index (χ0) is 7.72.